The number of halogens is 1. The molecule has 1 aromatic heterocycles. The molecule has 27 heavy (non-hydrogen) atoms. The van der Waals surface area contributed by atoms with Crippen molar-refractivity contribution in [2.24, 2.45) is 7.05 Å². The molecule has 0 saturated carbocycles. The van der Waals surface area contributed by atoms with Gasteiger partial charge in [-0.15, -0.1) is 10.2 Å². The van der Waals surface area contributed by atoms with Crippen molar-refractivity contribution >= 4 is 23.4 Å². The molecule has 10 heteroatoms. The summed E-state index contributed by atoms with van der Waals surface area (Å²) in [4.78, 5) is 23.5. The average molecular weight is 387 g/mol. The molecule has 0 unspecified atom stereocenters. The summed E-state index contributed by atoms with van der Waals surface area (Å²) in [6.07, 6.45) is 1.48. The van der Waals surface area contributed by atoms with Crippen molar-refractivity contribution in [2.45, 2.75) is 16.6 Å². The van der Waals surface area contributed by atoms with Crippen LogP contribution in [0.1, 0.15) is 15.9 Å². The smallest absolute Gasteiger partial charge is 0.284 e. The summed E-state index contributed by atoms with van der Waals surface area (Å²) in [6.45, 7) is -0.0191. The molecule has 0 aliphatic carbocycles. The van der Waals surface area contributed by atoms with E-state index in [9.17, 15) is 19.3 Å². The molecular formula is C17H14FN5O3S. The number of nitrogens with zero attached hydrogens (tertiary/aromatic N) is 4. The summed E-state index contributed by atoms with van der Waals surface area (Å²) < 4.78 is 15.3. The van der Waals surface area contributed by atoms with Gasteiger partial charge in [-0.2, -0.15) is 0 Å². The van der Waals surface area contributed by atoms with Gasteiger partial charge in [-0.3, -0.25) is 14.9 Å². The van der Waals surface area contributed by atoms with Gasteiger partial charge in [0.15, 0.2) is 5.16 Å². The standard InChI is InChI=1S/C17H14FN5O3S/c1-22-10-20-21-17(22)27-15-7-6-11(8-14(15)23(25)26)16(24)19-9-12-4-2-3-5-13(12)18/h2-8,10H,9H2,1H3,(H,19,24). The van der Waals surface area contributed by atoms with Crippen molar-refractivity contribution in [2.75, 3.05) is 0 Å². The Bertz CT molecular complexity index is 1010. The van der Waals surface area contributed by atoms with Gasteiger partial charge < -0.3 is 9.88 Å². The number of carbonyl (C=O) groups is 1. The highest BCUT2D eigenvalue weighted by Crippen LogP contribution is 2.34. The number of nitro benzene ring substituents is 1. The molecule has 8 nitrogen and oxygen atoms in total. The van der Waals surface area contributed by atoms with E-state index in [4.69, 9.17) is 0 Å². The highest BCUT2D eigenvalue weighted by molar-refractivity contribution is 7.99. The topological polar surface area (TPSA) is 103 Å². The van der Waals surface area contributed by atoms with Gasteiger partial charge in [-0.1, -0.05) is 18.2 Å². The van der Waals surface area contributed by atoms with Gasteiger partial charge >= 0.3 is 0 Å². The number of nitrogens with one attached hydrogen (secondary N) is 1. The zero-order valence-electron chi connectivity index (χ0n) is 14.1. The molecule has 0 fully saturated rings. The van der Waals surface area contributed by atoms with Crippen LogP contribution in [0.25, 0.3) is 0 Å². The van der Waals surface area contributed by atoms with Gasteiger partial charge in [0.25, 0.3) is 11.6 Å². The van der Waals surface area contributed by atoms with Crippen molar-refractivity contribution in [3.8, 4) is 0 Å². The molecule has 0 atom stereocenters. The summed E-state index contributed by atoms with van der Waals surface area (Å²) in [6, 6.07) is 10.2. The van der Waals surface area contributed by atoms with Crippen LogP contribution in [0.2, 0.25) is 0 Å². The molecule has 2 aromatic carbocycles. The van der Waals surface area contributed by atoms with Crippen LogP contribution in [0.15, 0.2) is 58.8 Å². The Hall–Kier alpha value is -3.27. The second-order valence-corrected chi connectivity index (χ2v) is 6.55. The Morgan fingerprint density at radius 1 is 1.33 bits per heavy atom. The normalized spacial score (nSPS) is 10.6. The molecule has 0 aliphatic rings. The summed E-state index contributed by atoms with van der Waals surface area (Å²) in [5.41, 5.74) is 0.219. The van der Waals surface area contributed by atoms with Crippen molar-refractivity contribution in [3.63, 3.8) is 0 Å². The first-order chi connectivity index (χ1) is 13.0. The third-order valence-electron chi connectivity index (χ3n) is 3.69. The Morgan fingerprint density at radius 3 is 2.78 bits per heavy atom. The number of aryl methyl sites for hydroxylation is 1. The van der Waals surface area contributed by atoms with Gasteiger partial charge in [0.2, 0.25) is 0 Å². The van der Waals surface area contributed by atoms with Gasteiger partial charge in [0.05, 0.1) is 9.82 Å². The van der Waals surface area contributed by atoms with E-state index in [0.29, 0.717) is 15.6 Å². The lowest BCUT2D eigenvalue weighted by atomic mass is 10.1. The third-order valence-corrected chi connectivity index (χ3v) is 4.80. The van der Waals surface area contributed by atoms with E-state index in [2.05, 4.69) is 15.5 Å². The van der Waals surface area contributed by atoms with E-state index in [1.165, 1.54) is 30.6 Å². The van der Waals surface area contributed by atoms with Crippen molar-refractivity contribution in [1.29, 1.82) is 0 Å². The summed E-state index contributed by atoms with van der Waals surface area (Å²) in [5.74, 6) is -0.962. The molecule has 1 N–H and O–H groups in total. The van der Waals surface area contributed by atoms with E-state index in [0.717, 1.165) is 11.8 Å². The highest BCUT2D eigenvalue weighted by atomic mass is 32.2. The molecule has 138 valence electrons. The predicted molar refractivity (Wildman–Crippen MR) is 95.8 cm³/mol. The number of hydrogen-bond donors (Lipinski definition) is 1. The van der Waals surface area contributed by atoms with Crippen LogP contribution in [-0.2, 0) is 13.6 Å². The lowest BCUT2D eigenvalue weighted by Crippen LogP contribution is -2.23. The molecule has 1 amide bonds. The minimum Gasteiger partial charge on any atom is -0.348 e. The number of rotatable bonds is 6. The van der Waals surface area contributed by atoms with Crippen LogP contribution in [0.4, 0.5) is 10.1 Å². The van der Waals surface area contributed by atoms with Gasteiger partial charge in [-0.25, -0.2) is 4.39 Å². The van der Waals surface area contributed by atoms with Crippen LogP contribution in [-0.4, -0.2) is 25.6 Å². The highest BCUT2D eigenvalue weighted by Gasteiger charge is 2.20. The van der Waals surface area contributed by atoms with Crippen LogP contribution >= 0.6 is 11.8 Å². The third kappa shape index (κ3) is 4.29. The average Bonchev–Trinajstić information content (AvgIpc) is 3.05. The van der Waals surface area contributed by atoms with E-state index in [1.807, 2.05) is 0 Å². The van der Waals surface area contributed by atoms with E-state index >= 15 is 0 Å². The first-order valence-electron chi connectivity index (χ1n) is 7.77. The van der Waals surface area contributed by atoms with Crippen molar-refractivity contribution in [1.82, 2.24) is 20.1 Å². The first kappa shape index (κ1) is 18.5. The van der Waals surface area contributed by atoms with Crippen LogP contribution in [0, 0.1) is 15.9 Å². The number of aromatic nitrogens is 3. The minimum atomic E-state index is -0.563. The molecule has 0 spiro atoms. The zero-order chi connectivity index (χ0) is 19.4. The van der Waals surface area contributed by atoms with Crippen LogP contribution < -0.4 is 5.32 Å². The molecule has 0 bridgehead atoms. The van der Waals surface area contributed by atoms with Gasteiger partial charge in [0.1, 0.15) is 12.1 Å². The maximum atomic E-state index is 13.6. The Morgan fingerprint density at radius 2 is 2.11 bits per heavy atom. The second kappa shape index (κ2) is 7.96. The lowest BCUT2D eigenvalue weighted by molar-refractivity contribution is -0.387. The van der Waals surface area contributed by atoms with Crippen molar-refractivity contribution in [3.05, 3.63) is 75.9 Å². The number of amides is 1. The summed E-state index contributed by atoms with van der Waals surface area (Å²) >= 11 is 1.07. The second-order valence-electron chi connectivity index (χ2n) is 5.54. The largest absolute Gasteiger partial charge is 0.348 e. The van der Waals surface area contributed by atoms with E-state index in [-0.39, 0.29) is 17.8 Å². The summed E-state index contributed by atoms with van der Waals surface area (Å²) in [7, 11) is 1.72. The Labute approximate surface area is 157 Å². The molecule has 3 rings (SSSR count). The fourth-order valence-electron chi connectivity index (χ4n) is 2.27. The molecule has 1 heterocycles. The molecular weight excluding hydrogens is 373 g/mol. The summed E-state index contributed by atoms with van der Waals surface area (Å²) in [5, 5.41) is 22.0. The van der Waals surface area contributed by atoms with E-state index < -0.39 is 16.6 Å². The molecule has 3 aromatic rings. The maximum Gasteiger partial charge on any atom is 0.284 e. The van der Waals surface area contributed by atoms with Crippen LogP contribution in [0.5, 0.6) is 0 Å². The SMILES string of the molecule is Cn1cnnc1Sc1ccc(C(=O)NCc2ccccc2F)cc1[N+](=O)[O-]. The Kier molecular flexibility index (Phi) is 5.46. The zero-order valence-corrected chi connectivity index (χ0v) is 14.9. The molecule has 0 aliphatic heterocycles. The fraction of sp³-hybridized carbons (Fsp3) is 0.118. The number of benzene rings is 2. The lowest BCUT2D eigenvalue weighted by Gasteiger charge is -2.08. The number of hydrogen-bond acceptors (Lipinski definition) is 6. The van der Waals surface area contributed by atoms with Crippen LogP contribution in [0.3, 0.4) is 0 Å². The van der Waals surface area contributed by atoms with Gasteiger partial charge in [0, 0.05) is 30.8 Å². The first-order valence-corrected chi connectivity index (χ1v) is 8.59. The van der Waals surface area contributed by atoms with Crippen molar-refractivity contribution < 1.29 is 14.1 Å². The number of nitro groups is 1. The maximum absolute atomic E-state index is 13.6. The fourth-order valence-corrected chi connectivity index (χ4v) is 3.12. The monoisotopic (exact) mass is 387 g/mol. The van der Waals surface area contributed by atoms with E-state index in [1.54, 1.807) is 29.8 Å². The Balaban J connectivity index is 1.79. The molecule has 0 saturated heterocycles. The quantitative estimate of drug-likeness (QED) is 0.515. The number of carbonyl (C=O) groups excluding carboxylic acids is 1. The van der Waals surface area contributed by atoms with Gasteiger partial charge in [-0.05, 0) is 30.0 Å². The molecule has 0 radical (unpaired) electrons. The minimum absolute atomic E-state index is 0.0191. The predicted octanol–water partition coefficient (Wildman–Crippen LogP) is 2.94.